The Hall–Kier alpha value is -3.95. The van der Waals surface area contributed by atoms with Gasteiger partial charge in [0.1, 0.15) is 17.7 Å². The van der Waals surface area contributed by atoms with Crippen molar-refractivity contribution < 1.29 is 9.18 Å². The van der Waals surface area contributed by atoms with E-state index in [0.717, 1.165) is 28.0 Å². The minimum absolute atomic E-state index is 0.0256. The number of aryl methyl sites for hydroxylation is 1. The molecule has 4 heterocycles. The number of hydrogen-bond acceptors (Lipinski definition) is 6. The van der Waals surface area contributed by atoms with Crippen LogP contribution >= 0.6 is 0 Å². The van der Waals surface area contributed by atoms with Crippen LogP contribution in [0.2, 0.25) is 0 Å². The largest absolute Gasteiger partial charge is 0.382 e. The van der Waals surface area contributed by atoms with Crippen molar-refractivity contribution >= 4 is 23.1 Å². The van der Waals surface area contributed by atoms with E-state index in [9.17, 15) is 9.18 Å². The van der Waals surface area contributed by atoms with Crippen molar-refractivity contribution in [1.82, 2.24) is 29.7 Å². The van der Waals surface area contributed by atoms with E-state index in [0.29, 0.717) is 18.9 Å². The van der Waals surface area contributed by atoms with Crippen LogP contribution in [0.5, 0.6) is 0 Å². The molecule has 0 radical (unpaired) electrons. The minimum atomic E-state index is -0.294. The summed E-state index contributed by atoms with van der Waals surface area (Å²) < 4.78 is 16.6. The molecule has 0 saturated carbocycles. The van der Waals surface area contributed by atoms with E-state index in [1.807, 2.05) is 32.4 Å². The molecule has 1 aliphatic rings. The Bertz CT molecular complexity index is 1290. The van der Waals surface area contributed by atoms with Crippen molar-refractivity contribution in [2.75, 3.05) is 23.7 Å². The zero-order valence-electron chi connectivity index (χ0n) is 17.7. The van der Waals surface area contributed by atoms with Crippen molar-refractivity contribution in [3.63, 3.8) is 0 Å². The molecule has 0 spiro atoms. The highest BCUT2D eigenvalue weighted by molar-refractivity contribution is 5.85. The standard InChI is InChI=1S/C22H23FN8O/c1-13(14-3-5-17(23)6-4-14)27-22(32)16-8-30(9-16)21-19-7-15(10-31(19)26-12-25-21)18-11-29(2)28-20(18)24/h3-7,10-13,16H,8-9H2,1-2H3,(H2,24,28)(H,27,32)/t13-/m0/s1. The lowest BCUT2D eigenvalue weighted by Crippen LogP contribution is -2.54. The number of rotatable bonds is 5. The van der Waals surface area contributed by atoms with Gasteiger partial charge in [-0.05, 0) is 30.7 Å². The first-order valence-corrected chi connectivity index (χ1v) is 10.3. The van der Waals surface area contributed by atoms with Gasteiger partial charge in [-0.1, -0.05) is 12.1 Å². The third kappa shape index (κ3) is 3.53. The number of nitrogen functional groups attached to an aromatic ring is 1. The fourth-order valence-corrected chi connectivity index (χ4v) is 4.02. The van der Waals surface area contributed by atoms with Crippen molar-refractivity contribution in [2.45, 2.75) is 13.0 Å². The Morgan fingerprint density at radius 3 is 2.69 bits per heavy atom. The van der Waals surface area contributed by atoms with Crippen molar-refractivity contribution in [2.24, 2.45) is 13.0 Å². The molecule has 1 atom stereocenters. The number of nitrogens with zero attached hydrogens (tertiary/aromatic N) is 6. The first-order valence-electron chi connectivity index (χ1n) is 10.3. The second kappa shape index (κ2) is 7.63. The normalized spacial score (nSPS) is 15.0. The lowest BCUT2D eigenvalue weighted by molar-refractivity contribution is -0.126. The molecule has 1 aliphatic heterocycles. The van der Waals surface area contributed by atoms with Gasteiger partial charge in [0.2, 0.25) is 5.91 Å². The van der Waals surface area contributed by atoms with Crippen LogP contribution in [-0.4, -0.2) is 43.4 Å². The molecule has 1 fully saturated rings. The van der Waals surface area contributed by atoms with Gasteiger partial charge in [-0.2, -0.15) is 10.2 Å². The van der Waals surface area contributed by atoms with E-state index >= 15 is 0 Å². The van der Waals surface area contributed by atoms with E-state index in [-0.39, 0.29) is 23.7 Å². The summed E-state index contributed by atoms with van der Waals surface area (Å²) in [5, 5.41) is 11.5. The van der Waals surface area contributed by atoms with Crippen LogP contribution < -0.4 is 16.0 Å². The number of fused-ring (bicyclic) bond motifs is 1. The number of anilines is 2. The highest BCUT2D eigenvalue weighted by Gasteiger charge is 2.35. The zero-order valence-corrected chi connectivity index (χ0v) is 17.7. The molecule has 5 rings (SSSR count). The van der Waals surface area contributed by atoms with Crippen molar-refractivity contribution in [1.29, 1.82) is 0 Å². The second-order valence-electron chi connectivity index (χ2n) is 8.13. The molecule has 1 aromatic carbocycles. The van der Waals surface area contributed by atoms with Crippen molar-refractivity contribution in [3.8, 4) is 11.1 Å². The molecule has 0 bridgehead atoms. The maximum atomic E-state index is 13.1. The van der Waals surface area contributed by atoms with E-state index in [1.165, 1.54) is 18.5 Å². The van der Waals surface area contributed by atoms with E-state index in [1.54, 1.807) is 21.3 Å². The van der Waals surface area contributed by atoms with Crippen LogP contribution in [0, 0.1) is 11.7 Å². The van der Waals surface area contributed by atoms with Gasteiger partial charge < -0.3 is 16.0 Å². The Morgan fingerprint density at radius 2 is 2.00 bits per heavy atom. The summed E-state index contributed by atoms with van der Waals surface area (Å²) in [7, 11) is 1.82. The van der Waals surface area contributed by atoms with Crippen LogP contribution in [0.1, 0.15) is 18.5 Å². The lowest BCUT2D eigenvalue weighted by atomic mass is 9.98. The Morgan fingerprint density at radius 1 is 1.25 bits per heavy atom. The number of halogens is 1. The quantitative estimate of drug-likeness (QED) is 0.499. The third-order valence-corrected chi connectivity index (χ3v) is 5.83. The first-order chi connectivity index (χ1) is 15.4. The summed E-state index contributed by atoms with van der Waals surface area (Å²) in [6, 6.07) is 7.95. The summed E-state index contributed by atoms with van der Waals surface area (Å²) in [6.45, 7) is 3.01. The minimum Gasteiger partial charge on any atom is -0.382 e. The molecule has 32 heavy (non-hydrogen) atoms. The zero-order chi connectivity index (χ0) is 22.4. The molecule has 0 unspecified atom stereocenters. The predicted molar refractivity (Wildman–Crippen MR) is 118 cm³/mol. The first kappa shape index (κ1) is 20.0. The molecule has 164 valence electrons. The van der Waals surface area contributed by atoms with Crippen LogP contribution in [-0.2, 0) is 11.8 Å². The molecule has 4 aromatic rings. The summed E-state index contributed by atoms with van der Waals surface area (Å²) in [5.74, 6) is 0.759. The number of carbonyl (C=O) groups is 1. The van der Waals surface area contributed by atoms with Gasteiger partial charge in [-0.15, -0.1) is 0 Å². The van der Waals surface area contributed by atoms with Crippen LogP contribution in [0.25, 0.3) is 16.6 Å². The fraction of sp³-hybridized carbons (Fsp3) is 0.273. The van der Waals surface area contributed by atoms with Crippen LogP contribution in [0.15, 0.2) is 49.1 Å². The molecule has 1 saturated heterocycles. The topological polar surface area (TPSA) is 106 Å². The van der Waals surface area contributed by atoms with Crippen LogP contribution in [0.3, 0.4) is 0 Å². The number of carbonyl (C=O) groups excluding carboxylic acids is 1. The third-order valence-electron chi connectivity index (χ3n) is 5.83. The molecule has 1 amide bonds. The Labute approximate surface area is 183 Å². The highest BCUT2D eigenvalue weighted by atomic mass is 19.1. The van der Waals surface area contributed by atoms with Gasteiger partial charge in [0.25, 0.3) is 0 Å². The molecule has 3 aromatic heterocycles. The summed E-state index contributed by atoms with van der Waals surface area (Å²) in [5.41, 5.74) is 9.46. The summed E-state index contributed by atoms with van der Waals surface area (Å²) >= 11 is 0. The smallest absolute Gasteiger partial charge is 0.227 e. The molecule has 9 nitrogen and oxygen atoms in total. The van der Waals surface area contributed by atoms with Crippen LogP contribution in [0.4, 0.5) is 16.0 Å². The van der Waals surface area contributed by atoms with Gasteiger partial charge >= 0.3 is 0 Å². The van der Waals surface area contributed by atoms with Gasteiger partial charge in [0, 0.05) is 43.7 Å². The number of nitrogens with two attached hydrogens (primary N) is 1. The number of nitrogens with one attached hydrogen (secondary N) is 1. The predicted octanol–water partition coefficient (Wildman–Crippen LogP) is 2.16. The summed E-state index contributed by atoms with van der Waals surface area (Å²) in [6.07, 6.45) is 5.26. The van der Waals surface area contributed by atoms with Gasteiger partial charge in [0.15, 0.2) is 11.6 Å². The van der Waals surface area contributed by atoms with Gasteiger partial charge in [-0.3, -0.25) is 9.48 Å². The van der Waals surface area contributed by atoms with E-state index in [2.05, 4.69) is 25.4 Å². The Kier molecular flexibility index (Phi) is 4.76. The highest BCUT2D eigenvalue weighted by Crippen LogP contribution is 2.32. The van der Waals surface area contributed by atoms with E-state index < -0.39 is 0 Å². The average Bonchev–Trinajstić information content (AvgIpc) is 3.30. The SMILES string of the molecule is C[C@H](NC(=O)C1CN(c2ncnn3cc(-c4cn(C)nc4N)cc23)C1)c1ccc(F)cc1. The summed E-state index contributed by atoms with van der Waals surface area (Å²) in [4.78, 5) is 19.2. The molecule has 10 heteroatoms. The van der Waals surface area contributed by atoms with Gasteiger partial charge in [0.05, 0.1) is 12.0 Å². The maximum Gasteiger partial charge on any atom is 0.227 e. The second-order valence-corrected chi connectivity index (χ2v) is 8.13. The maximum absolute atomic E-state index is 13.1. The van der Waals surface area contributed by atoms with E-state index in [4.69, 9.17) is 5.73 Å². The van der Waals surface area contributed by atoms with Gasteiger partial charge in [-0.25, -0.2) is 13.9 Å². The average molecular weight is 434 g/mol. The molecular weight excluding hydrogens is 411 g/mol. The molecule has 0 aliphatic carbocycles. The number of benzene rings is 1. The Balaban J connectivity index is 1.29. The molecular formula is C22H23FN8O. The number of hydrogen-bond donors (Lipinski definition) is 2. The molecule has 3 N–H and O–H groups in total. The fourth-order valence-electron chi connectivity index (χ4n) is 4.02. The lowest BCUT2D eigenvalue weighted by Gasteiger charge is -2.39. The van der Waals surface area contributed by atoms with Crippen molar-refractivity contribution in [3.05, 3.63) is 60.4 Å². The number of aromatic nitrogens is 5. The monoisotopic (exact) mass is 434 g/mol. The number of amides is 1.